The van der Waals surface area contributed by atoms with Gasteiger partial charge in [-0.2, -0.15) is 5.10 Å². The summed E-state index contributed by atoms with van der Waals surface area (Å²) in [6, 6.07) is 2.23. The lowest BCUT2D eigenvalue weighted by Crippen LogP contribution is -2.47. The molecule has 0 bridgehead atoms. The van der Waals surface area contributed by atoms with Gasteiger partial charge in [-0.15, -0.1) is 0 Å². The average Bonchev–Trinajstić information content (AvgIpc) is 3.18. The highest BCUT2D eigenvalue weighted by Crippen LogP contribution is 2.16. The zero-order valence-electron chi connectivity index (χ0n) is 12.4. The van der Waals surface area contributed by atoms with E-state index in [1.54, 1.807) is 0 Å². The standard InChI is InChI=1S/C14H23N5O2/c1-2-18-7-8-21-12(10-18)14(20)16-13-4-6-19(17-13)11-3-5-15-9-11/h4,6,11-12,15H,2-3,5,7-10H2,1H3,(H,16,17,20). The quantitative estimate of drug-likeness (QED) is 0.822. The maximum absolute atomic E-state index is 12.2. The van der Waals surface area contributed by atoms with Crippen molar-refractivity contribution in [1.29, 1.82) is 0 Å². The third-order valence-corrected chi connectivity index (χ3v) is 4.16. The monoisotopic (exact) mass is 293 g/mol. The predicted molar refractivity (Wildman–Crippen MR) is 79.2 cm³/mol. The van der Waals surface area contributed by atoms with Crippen molar-refractivity contribution in [3.63, 3.8) is 0 Å². The summed E-state index contributed by atoms with van der Waals surface area (Å²) in [5, 5.41) is 10.6. The molecule has 2 aliphatic heterocycles. The maximum Gasteiger partial charge on any atom is 0.256 e. The third kappa shape index (κ3) is 3.42. The van der Waals surface area contributed by atoms with Crippen LogP contribution >= 0.6 is 0 Å². The summed E-state index contributed by atoms with van der Waals surface area (Å²) >= 11 is 0. The molecule has 0 aliphatic carbocycles. The van der Waals surface area contributed by atoms with Crippen LogP contribution in [0.15, 0.2) is 12.3 Å². The van der Waals surface area contributed by atoms with Crippen molar-refractivity contribution in [2.45, 2.75) is 25.5 Å². The van der Waals surface area contributed by atoms with Gasteiger partial charge in [-0.1, -0.05) is 6.92 Å². The van der Waals surface area contributed by atoms with Crippen LogP contribution in [0.25, 0.3) is 0 Å². The van der Waals surface area contributed by atoms with Crippen LogP contribution in [0.2, 0.25) is 0 Å². The molecule has 0 aromatic carbocycles. The van der Waals surface area contributed by atoms with Crippen LogP contribution in [0.5, 0.6) is 0 Å². The van der Waals surface area contributed by atoms with E-state index in [0.29, 0.717) is 25.0 Å². The van der Waals surface area contributed by atoms with Gasteiger partial charge in [0.05, 0.1) is 12.6 Å². The number of aromatic nitrogens is 2. The summed E-state index contributed by atoms with van der Waals surface area (Å²) < 4.78 is 7.48. The highest BCUT2D eigenvalue weighted by Gasteiger charge is 2.26. The van der Waals surface area contributed by atoms with Gasteiger partial charge in [-0.25, -0.2) is 0 Å². The number of likely N-dealkylation sites (N-methyl/N-ethyl adjacent to an activating group) is 1. The molecule has 116 valence electrons. The Kier molecular flexibility index (Phi) is 4.52. The van der Waals surface area contributed by atoms with E-state index in [1.807, 2.05) is 16.9 Å². The van der Waals surface area contributed by atoms with Crippen LogP contribution in [0.1, 0.15) is 19.4 Å². The van der Waals surface area contributed by atoms with Gasteiger partial charge < -0.3 is 15.4 Å². The zero-order valence-corrected chi connectivity index (χ0v) is 12.4. The van der Waals surface area contributed by atoms with Crippen molar-refractivity contribution >= 4 is 11.7 Å². The Labute approximate surface area is 124 Å². The smallest absolute Gasteiger partial charge is 0.256 e. The summed E-state index contributed by atoms with van der Waals surface area (Å²) in [6.07, 6.45) is 2.59. The molecule has 21 heavy (non-hydrogen) atoms. The normalized spacial score (nSPS) is 26.9. The predicted octanol–water partition coefficient (Wildman–Crippen LogP) is 0.0767. The van der Waals surface area contributed by atoms with E-state index in [1.165, 1.54) is 0 Å². The van der Waals surface area contributed by atoms with Gasteiger partial charge in [0.2, 0.25) is 0 Å². The van der Waals surface area contributed by atoms with Crippen molar-refractivity contribution in [3.05, 3.63) is 12.3 Å². The maximum atomic E-state index is 12.2. The van der Waals surface area contributed by atoms with Crippen LogP contribution in [-0.4, -0.2) is 66.0 Å². The first-order valence-corrected chi connectivity index (χ1v) is 7.67. The highest BCUT2D eigenvalue weighted by molar-refractivity contribution is 5.93. The Morgan fingerprint density at radius 1 is 1.62 bits per heavy atom. The van der Waals surface area contributed by atoms with E-state index in [9.17, 15) is 4.79 Å². The number of morpholine rings is 1. The number of carbonyl (C=O) groups is 1. The Morgan fingerprint density at radius 2 is 2.52 bits per heavy atom. The van der Waals surface area contributed by atoms with Crippen molar-refractivity contribution in [2.24, 2.45) is 0 Å². The van der Waals surface area contributed by atoms with E-state index >= 15 is 0 Å². The van der Waals surface area contributed by atoms with E-state index in [0.717, 1.165) is 32.6 Å². The number of carbonyl (C=O) groups excluding carboxylic acids is 1. The van der Waals surface area contributed by atoms with E-state index in [-0.39, 0.29) is 5.91 Å². The zero-order chi connectivity index (χ0) is 14.7. The minimum Gasteiger partial charge on any atom is -0.366 e. The third-order valence-electron chi connectivity index (χ3n) is 4.16. The molecule has 2 fully saturated rings. The molecule has 0 radical (unpaired) electrons. The fraction of sp³-hybridized carbons (Fsp3) is 0.714. The van der Waals surface area contributed by atoms with Gasteiger partial charge in [0.25, 0.3) is 5.91 Å². The number of ether oxygens (including phenoxy) is 1. The second-order valence-corrected chi connectivity index (χ2v) is 5.57. The van der Waals surface area contributed by atoms with Gasteiger partial charge in [0.15, 0.2) is 5.82 Å². The molecule has 0 saturated carbocycles. The lowest BCUT2D eigenvalue weighted by atomic mass is 10.2. The topological polar surface area (TPSA) is 71.4 Å². The van der Waals surface area contributed by atoms with E-state index in [2.05, 4.69) is 27.6 Å². The Bertz CT molecular complexity index is 483. The van der Waals surface area contributed by atoms with Crippen molar-refractivity contribution in [2.75, 3.05) is 44.6 Å². The summed E-state index contributed by atoms with van der Waals surface area (Å²) in [7, 11) is 0. The molecule has 2 unspecified atom stereocenters. The van der Waals surface area contributed by atoms with Crippen molar-refractivity contribution in [3.8, 4) is 0 Å². The fourth-order valence-corrected chi connectivity index (χ4v) is 2.83. The molecule has 7 heteroatoms. The summed E-state index contributed by atoms with van der Waals surface area (Å²) in [6.45, 7) is 7.14. The first-order valence-electron chi connectivity index (χ1n) is 7.67. The molecule has 0 spiro atoms. The molecule has 1 aromatic rings. The number of hydrogen-bond acceptors (Lipinski definition) is 5. The molecule has 2 atom stereocenters. The number of nitrogens with zero attached hydrogens (tertiary/aromatic N) is 3. The van der Waals surface area contributed by atoms with Crippen LogP contribution < -0.4 is 10.6 Å². The van der Waals surface area contributed by atoms with E-state index in [4.69, 9.17) is 4.74 Å². The van der Waals surface area contributed by atoms with Crippen LogP contribution in [0, 0.1) is 0 Å². The van der Waals surface area contributed by atoms with Crippen molar-refractivity contribution in [1.82, 2.24) is 20.0 Å². The summed E-state index contributed by atoms with van der Waals surface area (Å²) in [5.74, 6) is 0.493. The molecule has 7 nitrogen and oxygen atoms in total. The molecular weight excluding hydrogens is 270 g/mol. The largest absolute Gasteiger partial charge is 0.366 e. The lowest BCUT2D eigenvalue weighted by molar-refractivity contribution is -0.132. The second kappa shape index (κ2) is 6.55. The fourth-order valence-electron chi connectivity index (χ4n) is 2.83. The Morgan fingerprint density at radius 3 is 3.29 bits per heavy atom. The van der Waals surface area contributed by atoms with Crippen LogP contribution in [-0.2, 0) is 9.53 Å². The van der Waals surface area contributed by atoms with Crippen LogP contribution in [0.3, 0.4) is 0 Å². The van der Waals surface area contributed by atoms with Gasteiger partial charge in [0.1, 0.15) is 6.10 Å². The molecule has 1 aromatic heterocycles. The molecule has 2 aliphatic rings. The molecular formula is C14H23N5O2. The van der Waals surface area contributed by atoms with Crippen molar-refractivity contribution < 1.29 is 9.53 Å². The van der Waals surface area contributed by atoms with Gasteiger partial charge in [-0.05, 0) is 19.5 Å². The highest BCUT2D eigenvalue weighted by atomic mass is 16.5. The number of rotatable bonds is 4. The number of hydrogen-bond donors (Lipinski definition) is 2. The minimum absolute atomic E-state index is 0.108. The number of amides is 1. The number of anilines is 1. The van der Waals surface area contributed by atoms with E-state index < -0.39 is 6.10 Å². The molecule has 1 amide bonds. The first kappa shape index (κ1) is 14.5. The Balaban J connectivity index is 1.57. The summed E-state index contributed by atoms with van der Waals surface area (Å²) in [5.41, 5.74) is 0. The van der Waals surface area contributed by atoms with Gasteiger partial charge in [0, 0.05) is 31.9 Å². The second-order valence-electron chi connectivity index (χ2n) is 5.57. The van der Waals surface area contributed by atoms with Crippen LogP contribution in [0.4, 0.5) is 5.82 Å². The van der Waals surface area contributed by atoms with Gasteiger partial charge in [-0.3, -0.25) is 14.4 Å². The SMILES string of the molecule is CCN1CCOC(C(=O)Nc2ccn(C3CCNC3)n2)C1. The molecule has 3 rings (SSSR count). The average molecular weight is 293 g/mol. The molecule has 2 N–H and O–H groups in total. The van der Waals surface area contributed by atoms with Gasteiger partial charge >= 0.3 is 0 Å². The summed E-state index contributed by atoms with van der Waals surface area (Å²) in [4.78, 5) is 14.5. The minimum atomic E-state index is -0.406. The molecule has 3 heterocycles. The molecule has 2 saturated heterocycles. The lowest BCUT2D eigenvalue weighted by Gasteiger charge is -2.30. The first-order chi connectivity index (χ1) is 10.3. The number of nitrogens with one attached hydrogen (secondary N) is 2. The Hall–Kier alpha value is -1.44.